The first-order chi connectivity index (χ1) is 8.09. The summed E-state index contributed by atoms with van der Waals surface area (Å²) in [6.45, 7) is 7.21. The SMILES string of the molecule is CCCC(C)(CN)CN(C)Cc1cccnc1. The highest BCUT2D eigenvalue weighted by Gasteiger charge is 2.23. The molecule has 3 heteroatoms. The van der Waals surface area contributed by atoms with Gasteiger partial charge in [-0.1, -0.05) is 26.3 Å². The predicted octanol–water partition coefficient (Wildman–Crippen LogP) is 2.28. The Kier molecular flexibility index (Phi) is 5.59. The van der Waals surface area contributed by atoms with Crippen LogP contribution in [0.3, 0.4) is 0 Å². The van der Waals surface area contributed by atoms with Crippen LogP contribution in [0.4, 0.5) is 0 Å². The van der Waals surface area contributed by atoms with E-state index in [1.807, 2.05) is 18.5 Å². The molecule has 0 saturated heterocycles. The van der Waals surface area contributed by atoms with Crippen molar-refractivity contribution in [2.45, 2.75) is 33.2 Å². The molecular formula is C14H25N3. The van der Waals surface area contributed by atoms with Crippen LogP contribution in [0.1, 0.15) is 32.3 Å². The van der Waals surface area contributed by atoms with Crippen LogP contribution in [0.5, 0.6) is 0 Å². The maximum atomic E-state index is 5.90. The molecule has 0 saturated carbocycles. The van der Waals surface area contributed by atoms with Gasteiger partial charge in [-0.15, -0.1) is 0 Å². The minimum absolute atomic E-state index is 0.228. The van der Waals surface area contributed by atoms with Gasteiger partial charge in [0, 0.05) is 25.5 Å². The second-order valence-electron chi connectivity index (χ2n) is 5.30. The van der Waals surface area contributed by atoms with Crippen molar-refractivity contribution < 1.29 is 0 Å². The van der Waals surface area contributed by atoms with E-state index in [9.17, 15) is 0 Å². The molecule has 0 aliphatic heterocycles. The van der Waals surface area contributed by atoms with Gasteiger partial charge in [0.2, 0.25) is 0 Å². The highest BCUT2D eigenvalue weighted by atomic mass is 15.1. The first kappa shape index (κ1) is 14.1. The van der Waals surface area contributed by atoms with Crippen LogP contribution in [0.2, 0.25) is 0 Å². The summed E-state index contributed by atoms with van der Waals surface area (Å²) in [6.07, 6.45) is 6.11. The Balaban J connectivity index is 2.51. The van der Waals surface area contributed by atoms with Crippen molar-refractivity contribution in [2.24, 2.45) is 11.1 Å². The quantitative estimate of drug-likeness (QED) is 0.788. The van der Waals surface area contributed by atoms with E-state index in [4.69, 9.17) is 5.73 Å². The number of hydrogen-bond donors (Lipinski definition) is 1. The van der Waals surface area contributed by atoms with E-state index >= 15 is 0 Å². The van der Waals surface area contributed by atoms with Gasteiger partial charge >= 0.3 is 0 Å². The highest BCUT2D eigenvalue weighted by molar-refractivity contribution is 5.08. The lowest BCUT2D eigenvalue weighted by Crippen LogP contribution is -2.38. The predicted molar refractivity (Wildman–Crippen MR) is 72.6 cm³/mol. The minimum atomic E-state index is 0.228. The topological polar surface area (TPSA) is 42.1 Å². The molecule has 0 spiro atoms. The average molecular weight is 235 g/mol. The number of nitrogens with two attached hydrogens (primary N) is 1. The Labute approximate surface area is 105 Å². The zero-order valence-corrected chi connectivity index (χ0v) is 11.3. The maximum absolute atomic E-state index is 5.90. The van der Waals surface area contributed by atoms with Gasteiger partial charge in [0.1, 0.15) is 0 Å². The zero-order valence-electron chi connectivity index (χ0n) is 11.3. The second kappa shape index (κ2) is 6.72. The fraction of sp³-hybridized carbons (Fsp3) is 0.643. The van der Waals surface area contributed by atoms with Crippen molar-refractivity contribution in [3.8, 4) is 0 Å². The normalized spacial score (nSPS) is 14.9. The molecule has 1 aromatic heterocycles. The molecule has 1 atom stereocenters. The first-order valence-electron chi connectivity index (χ1n) is 6.37. The highest BCUT2D eigenvalue weighted by Crippen LogP contribution is 2.23. The molecule has 1 unspecified atom stereocenters. The molecular weight excluding hydrogens is 210 g/mol. The molecule has 0 amide bonds. The smallest absolute Gasteiger partial charge is 0.0312 e. The van der Waals surface area contributed by atoms with Gasteiger partial charge in [0.05, 0.1) is 0 Å². The molecule has 17 heavy (non-hydrogen) atoms. The first-order valence-corrected chi connectivity index (χ1v) is 6.37. The standard InChI is InChI=1S/C14H25N3/c1-4-7-14(2,11-15)12-17(3)10-13-6-5-8-16-9-13/h5-6,8-9H,4,7,10-12,15H2,1-3H3. The monoisotopic (exact) mass is 235 g/mol. The van der Waals surface area contributed by atoms with E-state index in [-0.39, 0.29) is 5.41 Å². The molecule has 1 aromatic rings. The van der Waals surface area contributed by atoms with Gasteiger partial charge < -0.3 is 10.6 Å². The summed E-state index contributed by atoms with van der Waals surface area (Å²) >= 11 is 0. The van der Waals surface area contributed by atoms with Gasteiger partial charge in [-0.3, -0.25) is 4.98 Å². The van der Waals surface area contributed by atoms with Gasteiger partial charge in [-0.05, 0) is 37.1 Å². The molecule has 3 nitrogen and oxygen atoms in total. The molecule has 0 aliphatic carbocycles. The molecule has 1 rings (SSSR count). The third-order valence-corrected chi connectivity index (χ3v) is 3.17. The van der Waals surface area contributed by atoms with Crippen LogP contribution < -0.4 is 5.73 Å². The zero-order chi connectivity index (χ0) is 12.7. The summed E-state index contributed by atoms with van der Waals surface area (Å²) < 4.78 is 0. The fourth-order valence-corrected chi connectivity index (χ4v) is 2.36. The van der Waals surface area contributed by atoms with Crippen molar-refractivity contribution in [3.05, 3.63) is 30.1 Å². The lowest BCUT2D eigenvalue weighted by molar-refractivity contribution is 0.179. The minimum Gasteiger partial charge on any atom is -0.330 e. The van der Waals surface area contributed by atoms with Crippen molar-refractivity contribution in [1.82, 2.24) is 9.88 Å². The summed E-state index contributed by atoms with van der Waals surface area (Å²) in [5.74, 6) is 0. The van der Waals surface area contributed by atoms with E-state index in [1.165, 1.54) is 18.4 Å². The van der Waals surface area contributed by atoms with Gasteiger partial charge in [-0.2, -0.15) is 0 Å². The third kappa shape index (κ3) is 4.84. The van der Waals surface area contributed by atoms with Gasteiger partial charge in [0.15, 0.2) is 0 Å². The summed E-state index contributed by atoms with van der Waals surface area (Å²) in [5.41, 5.74) is 7.38. The van der Waals surface area contributed by atoms with Crippen LogP contribution in [0.25, 0.3) is 0 Å². The van der Waals surface area contributed by atoms with Crippen molar-refractivity contribution in [3.63, 3.8) is 0 Å². The van der Waals surface area contributed by atoms with E-state index in [2.05, 4.69) is 36.8 Å². The molecule has 0 bridgehead atoms. The van der Waals surface area contributed by atoms with Crippen molar-refractivity contribution in [1.29, 1.82) is 0 Å². The number of aromatic nitrogens is 1. The Hall–Kier alpha value is -0.930. The third-order valence-electron chi connectivity index (χ3n) is 3.17. The number of rotatable bonds is 7. The van der Waals surface area contributed by atoms with Gasteiger partial charge in [-0.25, -0.2) is 0 Å². The fourth-order valence-electron chi connectivity index (χ4n) is 2.36. The molecule has 0 radical (unpaired) electrons. The second-order valence-corrected chi connectivity index (χ2v) is 5.30. The van der Waals surface area contributed by atoms with Crippen LogP contribution in [0, 0.1) is 5.41 Å². The van der Waals surface area contributed by atoms with Crippen LogP contribution in [-0.2, 0) is 6.54 Å². The lowest BCUT2D eigenvalue weighted by atomic mass is 9.85. The van der Waals surface area contributed by atoms with E-state index in [0.717, 1.165) is 19.6 Å². The van der Waals surface area contributed by atoms with Gasteiger partial charge in [0.25, 0.3) is 0 Å². The van der Waals surface area contributed by atoms with Crippen LogP contribution in [-0.4, -0.2) is 30.0 Å². The number of pyridine rings is 1. The van der Waals surface area contributed by atoms with Crippen LogP contribution in [0.15, 0.2) is 24.5 Å². The molecule has 2 N–H and O–H groups in total. The van der Waals surface area contributed by atoms with E-state index < -0.39 is 0 Å². The summed E-state index contributed by atoms with van der Waals surface area (Å²) in [5, 5.41) is 0. The van der Waals surface area contributed by atoms with E-state index in [0.29, 0.717) is 0 Å². The summed E-state index contributed by atoms with van der Waals surface area (Å²) in [7, 11) is 2.15. The Morgan fingerprint density at radius 2 is 2.24 bits per heavy atom. The lowest BCUT2D eigenvalue weighted by Gasteiger charge is -2.32. The molecule has 0 aromatic carbocycles. The van der Waals surface area contributed by atoms with Crippen molar-refractivity contribution >= 4 is 0 Å². The maximum Gasteiger partial charge on any atom is 0.0312 e. The summed E-state index contributed by atoms with van der Waals surface area (Å²) in [4.78, 5) is 6.47. The number of hydrogen-bond acceptors (Lipinski definition) is 3. The molecule has 0 aliphatic rings. The Bertz CT molecular complexity index is 313. The molecule has 96 valence electrons. The Morgan fingerprint density at radius 1 is 1.47 bits per heavy atom. The largest absolute Gasteiger partial charge is 0.330 e. The number of nitrogens with zero attached hydrogens (tertiary/aromatic N) is 2. The molecule has 0 fully saturated rings. The summed E-state index contributed by atoms with van der Waals surface area (Å²) in [6, 6.07) is 4.10. The van der Waals surface area contributed by atoms with E-state index in [1.54, 1.807) is 0 Å². The molecule has 1 heterocycles. The average Bonchev–Trinajstić information content (AvgIpc) is 2.30. The van der Waals surface area contributed by atoms with Crippen LogP contribution >= 0.6 is 0 Å². The van der Waals surface area contributed by atoms with Crippen molar-refractivity contribution in [2.75, 3.05) is 20.1 Å². The Morgan fingerprint density at radius 3 is 2.76 bits per heavy atom.